The van der Waals surface area contributed by atoms with Gasteiger partial charge in [-0.2, -0.15) is 0 Å². The first-order valence-electron chi connectivity index (χ1n) is 6.91. The first-order valence-corrected chi connectivity index (χ1v) is 6.91. The molecule has 3 rings (SSSR count). The van der Waals surface area contributed by atoms with Crippen molar-refractivity contribution >= 4 is 0 Å². The van der Waals surface area contributed by atoms with E-state index in [1.807, 2.05) is 31.2 Å². The number of fused-ring (bicyclic) bond motifs is 2. The van der Waals surface area contributed by atoms with Gasteiger partial charge < -0.3 is 15.2 Å². The van der Waals surface area contributed by atoms with E-state index in [-0.39, 0.29) is 0 Å². The maximum atomic E-state index is 10.9. The zero-order chi connectivity index (χ0) is 12.6. The molecule has 0 saturated carbocycles. The lowest BCUT2D eigenvalue weighted by Crippen LogP contribution is -2.46. The molecule has 98 valence electrons. The fourth-order valence-electron chi connectivity index (χ4n) is 3.39. The number of nitrogens with one attached hydrogen (secondary N) is 1. The standard InChI is InChI=1S/C15H21NO2/c1-2-18-14-7-3-11(4-8-14)15(17)9-12-5-6-13(10-15)16-12/h3-4,7-8,12-13,16-17H,2,5-6,9-10H2,1H3. The van der Waals surface area contributed by atoms with Gasteiger partial charge in [0.1, 0.15) is 5.75 Å². The summed E-state index contributed by atoms with van der Waals surface area (Å²) in [6, 6.07) is 8.91. The Morgan fingerprint density at radius 3 is 2.39 bits per heavy atom. The van der Waals surface area contributed by atoms with Crippen molar-refractivity contribution in [3.63, 3.8) is 0 Å². The smallest absolute Gasteiger partial charge is 0.119 e. The van der Waals surface area contributed by atoms with Crippen LogP contribution < -0.4 is 10.1 Å². The molecular weight excluding hydrogens is 226 g/mol. The van der Waals surface area contributed by atoms with Gasteiger partial charge in [0.2, 0.25) is 0 Å². The third-order valence-electron chi connectivity index (χ3n) is 4.21. The predicted molar refractivity (Wildman–Crippen MR) is 70.7 cm³/mol. The molecule has 0 aliphatic carbocycles. The van der Waals surface area contributed by atoms with Crippen LogP contribution >= 0.6 is 0 Å². The molecule has 2 heterocycles. The Morgan fingerprint density at radius 1 is 1.22 bits per heavy atom. The SMILES string of the molecule is CCOc1ccc(C2(O)CC3CCC(C2)N3)cc1. The third kappa shape index (κ3) is 2.13. The van der Waals surface area contributed by atoms with Crippen molar-refractivity contribution in [1.82, 2.24) is 5.32 Å². The van der Waals surface area contributed by atoms with Gasteiger partial charge in [-0.3, -0.25) is 0 Å². The molecule has 0 spiro atoms. The monoisotopic (exact) mass is 247 g/mol. The minimum absolute atomic E-state index is 0.486. The number of hydrogen-bond donors (Lipinski definition) is 2. The van der Waals surface area contributed by atoms with Crippen molar-refractivity contribution in [3.8, 4) is 5.75 Å². The molecule has 2 atom stereocenters. The van der Waals surface area contributed by atoms with Crippen LogP contribution in [0.1, 0.15) is 38.2 Å². The second kappa shape index (κ2) is 4.56. The molecule has 2 aliphatic rings. The van der Waals surface area contributed by atoms with Crippen LogP contribution in [0.25, 0.3) is 0 Å². The molecule has 1 aromatic carbocycles. The number of rotatable bonds is 3. The molecule has 2 N–H and O–H groups in total. The summed E-state index contributed by atoms with van der Waals surface area (Å²) >= 11 is 0. The Hall–Kier alpha value is -1.06. The van der Waals surface area contributed by atoms with Crippen LogP contribution in [0.4, 0.5) is 0 Å². The topological polar surface area (TPSA) is 41.5 Å². The highest BCUT2D eigenvalue weighted by Gasteiger charge is 2.43. The average molecular weight is 247 g/mol. The van der Waals surface area contributed by atoms with E-state index in [1.54, 1.807) is 0 Å². The van der Waals surface area contributed by atoms with Gasteiger partial charge >= 0.3 is 0 Å². The summed E-state index contributed by atoms with van der Waals surface area (Å²) in [4.78, 5) is 0. The van der Waals surface area contributed by atoms with Crippen LogP contribution in [0.5, 0.6) is 5.75 Å². The van der Waals surface area contributed by atoms with Gasteiger partial charge in [0.25, 0.3) is 0 Å². The Morgan fingerprint density at radius 2 is 1.83 bits per heavy atom. The van der Waals surface area contributed by atoms with Crippen molar-refractivity contribution < 1.29 is 9.84 Å². The molecule has 0 amide bonds. The Labute approximate surface area is 108 Å². The van der Waals surface area contributed by atoms with Crippen LogP contribution in [0.15, 0.2) is 24.3 Å². The fraction of sp³-hybridized carbons (Fsp3) is 0.600. The second-order valence-corrected chi connectivity index (χ2v) is 5.54. The van der Waals surface area contributed by atoms with Gasteiger partial charge in [0.05, 0.1) is 12.2 Å². The summed E-state index contributed by atoms with van der Waals surface area (Å²) in [7, 11) is 0. The minimum atomic E-state index is -0.651. The minimum Gasteiger partial charge on any atom is -0.494 e. The summed E-state index contributed by atoms with van der Waals surface area (Å²) in [6.07, 6.45) is 4.06. The van der Waals surface area contributed by atoms with Gasteiger partial charge in [-0.05, 0) is 50.3 Å². The molecule has 2 aliphatic heterocycles. The van der Waals surface area contributed by atoms with Crippen molar-refractivity contribution in [3.05, 3.63) is 29.8 Å². The molecule has 0 aromatic heterocycles. The van der Waals surface area contributed by atoms with E-state index < -0.39 is 5.60 Å². The van der Waals surface area contributed by atoms with Gasteiger partial charge in [0, 0.05) is 12.1 Å². The van der Waals surface area contributed by atoms with Crippen molar-refractivity contribution in [1.29, 1.82) is 0 Å². The Bertz CT molecular complexity index is 403. The molecule has 2 bridgehead atoms. The number of hydrogen-bond acceptors (Lipinski definition) is 3. The Balaban J connectivity index is 1.80. The largest absolute Gasteiger partial charge is 0.494 e. The average Bonchev–Trinajstić information content (AvgIpc) is 2.70. The van der Waals surface area contributed by atoms with Gasteiger partial charge in [-0.15, -0.1) is 0 Å². The van der Waals surface area contributed by atoms with Crippen LogP contribution in [0.3, 0.4) is 0 Å². The van der Waals surface area contributed by atoms with E-state index in [1.165, 1.54) is 12.8 Å². The fourth-order valence-corrected chi connectivity index (χ4v) is 3.39. The molecule has 1 aromatic rings. The molecule has 2 unspecified atom stereocenters. The summed E-state index contributed by atoms with van der Waals surface area (Å²) in [5, 5.41) is 14.4. The van der Waals surface area contributed by atoms with Crippen LogP contribution in [-0.4, -0.2) is 23.8 Å². The van der Waals surface area contributed by atoms with E-state index in [4.69, 9.17) is 4.74 Å². The summed E-state index contributed by atoms with van der Waals surface area (Å²) in [6.45, 7) is 2.66. The van der Waals surface area contributed by atoms with E-state index in [9.17, 15) is 5.11 Å². The van der Waals surface area contributed by atoms with Crippen LogP contribution in [0, 0.1) is 0 Å². The van der Waals surface area contributed by atoms with Crippen molar-refractivity contribution in [2.75, 3.05) is 6.61 Å². The summed E-state index contributed by atoms with van der Waals surface area (Å²) < 4.78 is 5.44. The molecule has 18 heavy (non-hydrogen) atoms. The third-order valence-corrected chi connectivity index (χ3v) is 4.21. The first kappa shape index (κ1) is 12.0. The van der Waals surface area contributed by atoms with Gasteiger partial charge in [-0.25, -0.2) is 0 Å². The zero-order valence-corrected chi connectivity index (χ0v) is 10.9. The number of piperidine rings is 1. The van der Waals surface area contributed by atoms with E-state index in [2.05, 4.69) is 5.32 Å². The van der Waals surface area contributed by atoms with Crippen LogP contribution in [0.2, 0.25) is 0 Å². The highest BCUT2D eigenvalue weighted by atomic mass is 16.5. The first-order chi connectivity index (χ1) is 8.69. The molecule has 3 heteroatoms. The second-order valence-electron chi connectivity index (χ2n) is 5.54. The lowest BCUT2D eigenvalue weighted by atomic mass is 9.81. The van der Waals surface area contributed by atoms with E-state index in [0.717, 1.165) is 24.2 Å². The predicted octanol–water partition coefficient (Wildman–Crippen LogP) is 2.19. The lowest BCUT2D eigenvalue weighted by Gasteiger charge is -2.37. The van der Waals surface area contributed by atoms with E-state index >= 15 is 0 Å². The molecule has 0 radical (unpaired) electrons. The van der Waals surface area contributed by atoms with Crippen LogP contribution in [-0.2, 0) is 5.60 Å². The van der Waals surface area contributed by atoms with Gasteiger partial charge in [0.15, 0.2) is 0 Å². The molecule has 3 nitrogen and oxygen atoms in total. The lowest BCUT2D eigenvalue weighted by molar-refractivity contribution is -0.0114. The summed E-state index contributed by atoms with van der Waals surface area (Å²) in [5.41, 5.74) is 0.381. The number of benzene rings is 1. The number of ether oxygens (including phenoxy) is 1. The molecule has 2 saturated heterocycles. The maximum absolute atomic E-state index is 10.9. The number of aliphatic hydroxyl groups is 1. The quantitative estimate of drug-likeness (QED) is 0.860. The van der Waals surface area contributed by atoms with Crippen molar-refractivity contribution in [2.24, 2.45) is 0 Å². The zero-order valence-electron chi connectivity index (χ0n) is 10.9. The van der Waals surface area contributed by atoms with Crippen molar-refractivity contribution in [2.45, 2.75) is 50.3 Å². The molecular formula is C15H21NO2. The van der Waals surface area contributed by atoms with E-state index in [0.29, 0.717) is 18.7 Å². The Kier molecular flexibility index (Phi) is 3.04. The normalized spacial score (nSPS) is 34.6. The molecule has 2 fully saturated rings. The summed E-state index contributed by atoms with van der Waals surface area (Å²) in [5.74, 6) is 0.877. The van der Waals surface area contributed by atoms with Gasteiger partial charge in [-0.1, -0.05) is 12.1 Å². The highest BCUT2D eigenvalue weighted by molar-refractivity contribution is 5.32. The maximum Gasteiger partial charge on any atom is 0.119 e. The highest BCUT2D eigenvalue weighted by Crippen LogP contribution is 2.40.